The third-order valence-corrected chi connectivity index (χ3v) is 14.5. The second kappa shape index (κ2) is 51.0. The molecule has 1 amide bonds. The molecule has 63 heteroatoms. The number of carbonyl (C=O) groups is 6. The number of hydrogen-bond donors (Lipinski definition) is 8. The first-order valence-corrected chi connectivity index (χ1v) is 35.4. The van der Waals surface area contributed by atoms with E-state index in [4.69, 9.17) is 40.5 Å². The third kappa shape index (κ3) is 34.9. The van der Waals surface area contributed by atoms with Crippen LogP contribution in [0.2, 0.25) is 5.15 Å². The molecular formula is C63H68ClF15N34O12S. The molecule has 0 atom stereocenters. The number of esters is 4. The molecular weight excluding hydrogens is 1780 g/mol. The average Bonchev–Trinajstić information content (AvgIpc) is 1.63. The number of fused-ring (bicyclic) bond motifs is 4. The van der Waals surface area contributed by atoms with Crippen LogP contribution in [0.4, 0.5) is 89.4 Å². The fourth-order valence-corrected chi connectivity index (χ4v) is 9.06. The van der Waals surface area contributed by atoms with E-state index in [1.54, 1.807) is 62.1 Å². The van der Waals surface area contributed by atoms with Crippen molar-refractivity contribution in [2.24, 2.45) is 17.5 Å². The number of nitrogens with two attached hydrogens (primary N) is 3. The summed E-state index contributed by atoms with van der Waals surface area (Å²) in [4.78, 5) is 117. The Hall–Kier alpha value is -14.3. The summed E-state index contributed by atoms with van der Waals surface area (Å²) in [7, 11) is 0. The number of hydroxylamine groups is 1. The van der Waals surface area contributed by atoms with E-state index >= 15 is 0 Å². The van der Waals surface area contributed by atoms with E-state index in [9.17, 15) is 94.6 Å². The quantitative estimate of drug-likeness (QED) is 0.0172. The summed E-state index contributed by atoms with van der Waals surface area (Å²) in [6.07, 6.45) is 1.80. The molecule has 0 radical (unpaired) electrons. The van der Waals surface area contributed by atoms with Gasteiger partial charge in [0.05, 0.1) is 80.9 Å². The number of nitrogens with zero attached hydrogens (tertiary/aromatic N) is 27. The summed E-state index contributed by atoms with van der Waals surface area (Å²) in [6, 6.07) is 0. The molecule has 14 heterocycles. The van der Waals surface area contributed by atoms with Gasteiger partial charge < -0.3 is 53.8 Å². The van der Waals surface area contributed by atoms with Crippen LogP contribution in [0.1, 0.15) is 98.4 Å². The number of anilines is 4. The molecule has 0 fully saturated rings. The Bertz CT molecular complexity index is 5230. The predicted molar refractivity (Wildman–Crippen MR) is 395 cm³/mol. The van der Waals surface area contributed by atoms with Crippen molar-refractivity contribution in [3.05, 3.63) is 180 Å². The standard InChI is InChI=1S/C13H13F3N6O2.C11H13N7O2.C8H10N2O2.C7H6F3N3O.C6H7F3N4.C6H3F3N4.C4H3ClN2.C4H3F3O3.C4H6N4.H4N2.O2S/c1-2-24-10(23)8-5-17-12(18-6-8)21-3-4-22-9(7-21)19-20-11(22)13(14,15)16;1-7-14-15-9-6-17(2-3-18(7)9)11-12-4-8(5-13-11)10(19)16-20;1-3-12-8(11)7-4-9-6(2)10-5-7;8-7(9,10)5(14)3-13-6-4-11-1-2-12-6;2*7-6(8,9)5-12-11-4-3-10-1-2-13(4)5;5-4-3-6-1-2-7-4;1-2(8)10-3(9)4(5,6)7;5-8-4-3-6-1-2-7-4;1-2;1-3-2/h5-6H,2-4,7H2,1H3;4-5,20H,2-3,6H2,1H3,(H,16,19);4-5H,3H2,1-2H3;1-2,4H,3H2,(H,12,13);10H,1-3H2;1-3H;1-3H;1H3;1-3H,5H2,(H,7,8);1-2H2;. The Morgan fingerprint density at radius 3 is 1.39 bits per heavy atom. The fraction of sp³-hybridized carbons (Fsp3) is 0.349. The van der Waals surface area contributed by atoms with Gasteiger partial charge in [-0.25, -0.2) is 70.6 Å². The van der Waals surface area contributed by atoms with Gasteiger partial charge in [-0.2, -0.15) is 74.3 Å². The molecule has 0 aromatic carbocycles. The molecule has 0 saturated carbocycles. The van der Waals surface area contributed by atoms with Crippen molar-refractivity contribution in [1.29, 1.82) is 0 Å². The van der Waals surface area contributed by atoms with Crippen LogP contribution in [0.3, 0.4) is 0 Å². The zero-order valence-electron chi connectivity index (χ0n) is 65.1. The summed E-state index contributed by atoms with van der Waals surface area (Å²) in [5, 5.41) is 41.9. The minimum atomic E-state index is -5.09. The molecule has 46 nitrogen and oxygen atoms in total. The van der Waals surface area contributed by atoms with E-state index in [2.05, 4.69) is 143 Å². The lowest BCUT2D eigenvalue weighted by Crippen LogP contribution is -2.36. The van der Waals surface area contributed by atoms with Crippen molar-refractivity contribution in [1.82, 2.24) is 134 Å². The van der Waals surface area contributed by atoms with Crippen molar-refractivity contribution in [2.75, 3.05) is 59.9 Å². The number of hydrazine groups is 2. The maximum absolute atomic E-state index is 12.8. The number of halogens is 16. The molecule has 11 aromatic heterocycles. The molecule has 3 aliphatic rings. The number of amides is 1. The molecule has 0 bridgehead atoms. The summed E-state index contributed by atoms with van der Waals surface area (Å²) in [5.41, 5.74) is 4.77. The summed E-state index contributed by atoms with van der Waals surface area (Å²) in [6.45, 7) is 11.3. The van der Waals surface area contributed by atoms with E-state index < -0.39 is 96.1 Å². The van der Waals surface area contributed by atoms with Gasteiger partial charge in [0.25, 0.3) is 11.7 Å². The molecule has 0 unspecified atom stereocenters. The molecule has 0 aliphatic carbocycles. The van der Waals surface area contributed by atoms with Crippen molar-refractivity contribution in [3.63, 3.8) is 0 Å². The maximum atomic E-state index is 12.8. The summed E-state index contributed by atoms with van der Waals surface area (Å²) in [5.74, 6) is 7.38. The average molecular weight is 1850 g/mol. The van der Waals surface area contributed by atoms with Crippen LogP contribution in [0.25, 0.3) is 5.65 Å². The Kier molecular flexibility index (Phi) is 42.1. The number of ether oxygens (including phenoxy) is 3. The lowest BCUT2D eigenvalue weighted by Gasteiger charge is -2.27. The zero-order valence-corrected chi connectivity index (χ0v) is 66.7. The Balaban J connectivity index is 0.000000302. The van der Waals surface area contributed by atoms with Crippen molar-refractivity contribution in [2.45, 2.75) is 105 Å². The minimum absolute atomic E-state index is 0.0696. The topological polar surface area (TPSA) is 607 Å². The largest absolute Gasteiger partial charge is 0.491 e. The minimum Gasteiger partial charge on any atom is -0.462 e. The normalized spacial score (nSPS) is 12.2. The number of rotatable bonds is 11. The lowest BCUT2D eigenvalue weighted by molar-refractivity contribution is -0.201. The monoisotopic (exact) mass is 1840 g/mol. The van der Waals surface area contributed by atoms with Gasteiger partial charge in [-0.15, -0.1) is 40.8 Å². The molecule has 0 spiro atoms. The zero-order chi connectivity index (χ0) is 94.0. The lowest BCUT2D eigenvalue weighted by atomic mass is 10.3. The smallest absolute Gasteiger partial charge is 0.462 e. The number of nitrogens with one attached hydrogen (secondary N) is 4. The van der Waals surface area contributed by atoms with Crippen LogP contribution in [-0.2, 0) is 98.0 Å². The Labute approximate surface area is 704 Å². The van der Waals surface area contributed by atoms with Gasteiger partial charge in [-0.3, -0.25) is 55.6 Å². The van der Waals surface area contributed by atoms with Crippen LogP contribution in [0.15, 0.2) is 112 Å². The van der Waals surface area contributed by atoms with Gasteiger partial charge in [-0.1, -0.05) is 11.6 Å². The van der Waals surface area contributed by atoms with Crippen LogP contribution in [-0.4, -0.2) is 225 Å². The van der Waals surface area contributed by atoms with Crippen molar-refractivity contribution < 1.29 is 122 Å². The number of carbonyl (C=O) groups excluding carboxylic acids is 6. The van der Waals surface area contributed by atoms with E-state index in [0.717, 1.165) is 44.5 Å². The third-order valence-electron chi connectivity index (χ3n) is 14.3. The highest BCUT2D eigenvalue weighted by Crippen LogP contribution is 2.32. The van der Waals surface area contributed by atoms with E-state index in [-0.39, 0.29) is 67.2 Å². The van der Waals surface area contributed by atoms with E-state index in [0.29, 0.717) is 73.2 Å². The van der Waals surface area contributed by atoms with E-state index in [1.807, 2.05) is 11.8 Å². The number of Topliss-reactive ketones (excluding diaryl/α,β-unsaturated/α-hetero) is 1. The number of ketones is 1. The first-order valence-electron chi connectivity index (χ1n) is 34.4. The first-order chi connectivity index (χ1) is 59.6. The van der Waals surface area contributed by atoms with Gasteiger partial charge in [0, 0.05) is 133 Å². The fourth-order valence-electron chi connectivity index (χ4n) is 8.95. The van der Waals surface area contributed by atoms with Gasteiger partial charge >= 0.3 is 66.3 Å². The molecule has 126 heavy (non-hydrogen) atoms. The van der Waals surface area contributed by atoms with Gasteiger partial charge in [-0.05, 0) is 27.7 Å². The van der Waals surface area contributed by atoms with Crippen LogP contribution in [0.5, 0.6) is 0 Å². The Morgan fingerprint density at radius 2 is 0.968 bits per heavy atom. The van der Waals surface area contributed by atoms with Crippen LogP contribution < -0.4 is 48.9 Å². The van der Waals surface area contributed by atoms with Crippen molar-refractivity contribution in [3.8, 4) is 0 Å². The highest BCUT2D eigenvalue weighted by Gasteiger charge is 2.43. The molecule has 0 saturated heterocycles. The van der Waals surface area contributed by atoms with Crippen LogP contribution in [0, 0.1) is 13.8 Å². The number of nitrogen functional groups attached to an aromatic ring is 1. The second-order valence-electron chi connectivity index (χ2n) is 22.9. The van der Waals surface area contributed by atoms with E-state index in [1.165, 1.54) is 74.4 Å². The molecule has 11 N–H and O–H groups in total. The Morgan fingerprint density at radius 1 is 0.524 bits per heavy atom. The number of alkyl halides is 15. The van der Waals surface area contributed by atoms with Crippen molar-refractivity contribution >= 4 is 87.9 Å². The highest BCUT2D eigenvalue weighted by molar-refractivity contribution is 7.51. The summed E-state index contributed by atoms with van der Waals surface area (Å²) >= 11 is 4.62. The molecule has 3 aliphatic heterocycles. The first kappa shape index (κ1) is 104. The molecule has 680 valence electrons. The van der Waals surface area contributed by atoms with Gasteiger partial charge in [0.1, 0.15) is 28.4 Å². The molecule has 11 aromatic rings. The van der Waals surface area contributed by atoms with Gasteiger partial charge in [0.15, 0.2) is 23.1 Å². The number of hydrogen-bond acceptors (Lipinski definition) is 41. The van der Waals surface area contributed by atoms with Gasteiger partial charge in [0.2, 0.25) is 29.4 Å². The second-order valence-corrected chi connectivity index (χ2v) is 23.4. The number of aryl methyl sites for hydroxylation is 2. The summed E-state index contributed by atoms with van der Waals surface area (Å²) < 4.78 is 215. The molecule has 14 rings (SSSR count). The SMILES string of the molecule is CC(=O)OC(=O)C(F)(F)F.CCOC(=O)c1cnc(C)nc1.CCOC(=O)c1cnc(N2CCn3c(nnc3C(F)(F)F)C2)nc1.Cc1nnc2n1CCN(c1ncc(C(=O)NO)cn1)C2.Clc1cnccn1.FC(F)(F)c1nnc2cnccn12.FC(F)(F)c1nnc2n1CCNC2.NN.NNc1cnccn1.O=C(CNc1cnccn1)C(F)(F)F.O=S=O. The maximum Gasteiger partial charge on any atom is 0.491 e. The van der Waals surface area contributed by atoms with Crippen LogP contribution >= 0.6 is 11.6 Å². The predicted octanol–water partition coefficient (Wildman–Crippen LogP) is 4.00. The highest BCUT2D eigenvalue weighted by atomic mass is 35.5. The number of aromatic nitrogens is 25.